The second-order valence-electron chi connectivity index (χ2n) is 6.83. The second-order valence-corrected chi connectivity index (χ2v) is 6.83. The molecule has 0 amide bonds. The molecule has 1 aliphatic carbocycles. The van der Waals surface area contributed by atoms with Crippen molar-refractivity contribution in [2.75, 3.05) is 26.2 Å². The molecule has 0 saturated carbocycles. The van der Waals surface area contributed by atoms with Crippen LogP contribution in [0.1, 0.15) is 49.8 Å². The Morgan fingerprint density at radius 1 is 1.25 bits per heavy atom. The molecular formula is C19H29ClN2O2. The number of hydrogen-bond donors (Lipinski definition) is 1. The minimum absolute atomic E-state index is 0. The molecule has 1 atom stereocenters. The van der Waals surface area contributed by atoms with E-state index in [1.54, 1.807) is 0 Å². The molecule has 1 aliphatic heterocycles. The molecule has 5 heteroatoms. The lowest BCUT2D eigenvalue weighted by Gasteiger charge is -2.42. The number of aliphatic carboxylic acids is 1. The molecule has 4 nitrogen and oxygen atoms in total. The van der Waals surface area contributed by atoms with E-state index in [0.29, 0.717) is 12.1 Å². The summed E-state index contributed by atoms with van der Waals surface area (Å²) in [5.41, 5.74) is 3.04. The van der Waals surface area contributed by atoms with E-state index >= 15 is 0 Å². The maximum Gasteiger partial charge on any atom is 0.317 e. The van der Waals surface area contributed by atoms with E-state index in [-0.39, 0.29) is 19.0 Å². The van der Waals surface area contributed by atoms with Gasteiger partial charge in [-0.1, -0.05) is 31.2 Å². The Kier molecular flexibility index (Phi) is 7.08. The van der Waals surface area contributed by atoms with Gasteiger partial charge < -0.3 is 5.11 Å². The number of carboxylic acids is 1. The topological polar surface area (TPSA) is 43.8 Å². The number of fused-ring (bicyclic) bond motifs is 1. The first-order valence-electron chi connectivity index (χ1n) is 8.96. The molecule has 1 unspecified atom stereocenters. The largest absolute Gasteiger partial charge is 0.480 e. The first-order valence-corrected chi connectivity index (χ1v) is 8.96. The first kappa shape index (κ1) is 19.2. The van der Waals surface area contributed by atoms with Crippen LogP contribution in [0.3, 0.4) is 0 Å². The predicted molar refractivity (Wildman–Crippen MR) is 98.8 cm³/mol. The molecule has 0 radical (unpaired) electrons. The Morgan fingerprint density at radius 3 is 2.62 bits per heavy atom. The Hall–Kier alpha value is -1.10. The number of rotatable bonds is 5. The van der Waals surface area contributed by atoms with E-state index in [1.807, 2.05) is 0 Å². The predicted octanol–water partition coefficient (Wildman–Crippen LogP) is 3.36. The minimum Gasteiger partial charge on any atom is -0.480 e. The Balaban J connectivity index is 0.00000208. The van der Waals surface area contributed by atoms with Gasteiger partial charge in [0.2, 0.25) is 0 Å². The van der Waals surface area contributed by atoms with Crippen LogP contribution >= 0.6 is 12.4 Å². The molecule has 1 aromatic carbocycles. The lowest BCUT2D eigenvalue weighted by atomic mass is 9.85. The van der Waals surface area contributed by atoms with Crippen molar-refractivity contribution in [3.8, 4) is 0 Å². The fraction of sp³-hybridized carbons (Fsp3) is 0.632. The molecule has 24 heavy (non-hydrogen) atoms. The van der Waals surface area contributed by atoms with E-state index in [2.05, 4.69) is 41.0 Å². The van der Waals surface area contributed by atoms with Crippen LogP contribution in [0.2, 0.25) is 0 Å². The zero-order valence-electron chi connectivity index (χ0n) is 14.5. The van der Waals surface area contributed by atoms with Crippen molar-refractivity contribution in [2.24, 2.45) is 0 Å². The summed E-state index contributed by atoms with van der Waals surface area (Å²) in [6.07, 6.45) is 5.92. The van der Waals surface area contributed by atoms with E-state index in [0.717, 1.165) is 32.5 Å². The summed E-state index contributed by atoms with van der Waals surface area (Å²) in [4.78, 5) is 15.8. The van der Waals surface area contributed by atoms with Crippen molar-refractivity contribution in [1.29, 1.82) is 0 Å². The van der Waals surface area contributed by atoms with Crippen LogP contribution in [0.4, 0.5) is 0 Å². The van der Waals surface area contributed by atoms with Crippen molar-refractivity contribution in [3.63, 3.8) is 0 Å². The van der Waals surface area contributed by atoms with E-state index in [4.69, 9.17) is 5.11 Å². The standard InChI is InChI=1S/C19H28N2O2.ClH/c1-2-20(14-19(22)23)16-10-12-21(13-11-16)18-9-5-7-15-6-3-4-8-17(15)18;/h3-4,6,8,16,18H,2,5,7,9-14H2,1H3,(H,22,23);1H. The van der Waals surface area contributed by atoms with Crippen LogP contribution in [0.5, 0.6) is 0 Å². The van der Waals surface area contributed by atoms with Gasteiger partial charge >= 0.3 is 5.97 Å². The average Bonchev–Trinajstić information content (AvgIpc) is 2.59. The van der Waals surface area contributed by atoms with Crippen LogP contribution in [-0.4, -0.2) is 53.1 Å². The zero-order chi connectivity index (χ0) is 16.2. The van der Waals surface area contributed by atoms with Gasteiger partial charge in [0.05, 0.1) is 6.54 Å². The summed E-state index contributed by atoms with van der Waals surface area (Å²) >= 11 is 0. The van der Waals surface area contributed by atoms with Gasteiger partial charge in [-0.15, -0.1) is 12.4 Å². The molecule has 1 N–H and O–H groups in total. The number of carbonyl (C=O) groups is 1. The van der Waals surface area contributed by atoms with Gasteiger partial charge in [-0.05, 0) is 49.8 Å². The molecule has 0 spiro atoms. The molecule has 0 aromatic heterocycles. The number of carboxylic acid groups (broad SMARTS) is 1. The van der Waals surface area contributed by atoms with Crippen molar-refractivity contribution < 1.29 is 9.90 Å². The van der Waals surface area contributed by atoms with Gasteiger partial charge in [0, 0.05) is 25.2 Å². The van der Waals surface area contributed by atoms with Crippen LogP contribution in [0, 0.1) is 0 Å². The third-order valence-corrected chi connectivity index (χ3v) is 5.54. The molecule has 1 fully saturated rings. The number of hydrogen-bond acceptors (Lipinski definition) is 3. The van der Waals surface area contributed by atoms with Gasteiger partial charge in [-0.3, -0.25) is 14.6 Å². The van der Waals surface area contributed by atoms with Crippen molar-refractivity contribution in [1.82, 2.24) is 9.80 Å². The van der Waals surface area contributed by atoms with Crippen molar-refractivity contribution in [3.05, 3.63) is 35.4 Å². The average molecular weight is 353 g/mol. The fourth-order valence-electron chi connectivity index (χ4n) is 4.34. The van der Waals surface area contributed by atoms with E-state index in [1.165, 1.54) is 30.4 Å². The molecule has 1 heterocycles. The first-order chi connectivity index (χ1) is 11.2. The molecule has 3 rings (SSSR count). The van der Waals surface area contributed by atoms with Crippen LogP contribution in [0.25, 0.3) is 0 Å². The Morgan fingerprint density at radius 2 is 1.96 bits per heavy atom. The Bertz CT molecular complexity index is 544. The van der Waals surface area contributed by atoms with Gasteiger partial charge in [0.1, 0.15) is 0 Å². The molecule has 1 saturated heterocycles. The highest BCUT2D eigenvalue weighted by molar-refractivity contribution is 5.85. The summed E-state index contributed by atoms with van der Waals surface area (Å²) in [7, 11) is 0. The number of halogens is 1. The van der Waals surface area contributed by atoms with Gasteiger partial charge in [0.25, 0.3) is 0 Å². The van der Waals surface area contributed by atoms with Crippen LogP contribution in [-0.2, 0) is 11.2 Å². The number of likely N-dealkylation sites (N-methyl/N-ethyl adjacent to an activating group) is 1. The SMILES string of the molecule is CCN(CC(=O)O)C1CCN(C2CCCc3ccccc32)CC1.Cl. The highest BCUT2D eigenvalue weighted by Crippen LogP contribution is 2.36. The third kappa shape index (κ3) is 4.29. The summed E-state index contributed by atoms with van der Waals surface area (Å²) < 4.78 is 0. The number of likely N-dealkylation sites (tertiary alicyclic amines) is 1. The third-order valence-electron chi connectivity index (χ3n) is 5.54. The maximum atomic E-state index is 11.0. The molecular weight excluding hydrogens is 324 g/mol. The maximum absolute atomic E-state index is 11.0. The van der Waals surface area contributed by atoms with Crippen LogP contribution < -0.4 is 0 Å². The normalized spacial score (nSPS) is 22.0. The van der Waals surface area contributed by atoms with Gasteiger partial charge in [-0.2, -0.15) is 0 Å². The molecule has 134 valence electrons. The summed E-state index contributed by atoms with van der Waals surface area (Å²) in [5.74, 6) is -0.713. The fourth-order valence-corrected chi connectivity index (χ4v) is 4.34. The minimum atomic E-state index is -0.713. The van der Waals surface area contributed by atoms with Crippen molar-refractivity contribution in [2.45, 2.75) is 51.1 Å². The summed E-state index contributed by atoms with van der Waals surface area (Å²) in [6, 6.07) is 9.88. The number of nitrogens with zero attached hydrogens (tertiary/aromatic N) is 2. The highest BCUT2D eigenvalue weighted by Gasteiger charge is 2.31. The number of benzene rings is 1. The second kappa shape index (κ2) is 8.84. The highest BCUT2D eigenvalue weighted by atomic mass is 35.5. The molecule has 0 bridgehead atoms. The van der Waals surface area contributed by atoms with Crippen LogP contribution in [0.15, 0.2) is 24.3 Å². The Labute approximate surface area is 151 Å². The summed E-state index contributed by atoms with van der Waals surface area (Å²) in [5, 5.41) is 9.06. The van der Waals surface area contributed by atoms with Gasteiger partial charge in [0.15, 0.2) is 0 Å². The molecule has 2 aliphatic rings. The lowest BCUT2D eigenvalue weighted by molar-refractivity contribution is -0.139. The quantitative estimate of drug-likeness (QED) is 0.882. The zero-order valence-corrected chi connectivity index (χ0v) is 15.3. The van der Waals surface area contributed by atoms with Gasteiger partial charge in [-0.25, -0.2) is 0 Å². The van der Waals surface area contributed by atoms with E-state index in [9.17, 15) is 4.79 Å². The monoisotopic (exact) mass is 352 g/mol. The summed E-state index contributed by atoms with van der Waals surface area (Å²) in [6.45, 7) is 5.23. The van der Waals surface area contributed by atoms with Crippen molar-refractivity contribution >= 4 is 18.4 Å². The van der Waals surface area contributed by atoms with E-state index < -0.39 is 5.97 Å². The molecule has 1 aromatic rings. The number of piperidine rings is 1. The smallest absolute Gasteiger partial charge is 0.317 e. The number of aryl methyl sites for hydroxylation is 1. The lowest BCUT2D eigenvalue weighted by Crippen LogP contribution is -2.47.